The largest absolute Gasteiger partial charge is 0.388 e. The van der Waals surface area contributed by atoms with Crippen LogP contribution in [0.5, 0.6) is 0 Å². The summed E-state index contributed by atoms with van der Waals surface area (Å²) in [6, 6.07) is 2.12. The Morgan fingerprint density at radius 3 is 3.00 bits per heavy atom. The van der Waals surface area contributed by atoms with Gasteiger partial charge in [0.25, 0.3) is 0 Å². The van der Waals surface area contributed by atoms with Crippen LogP contribution in [-0.4, -0.2) is 19.8 Å². The predicted molar refractivity (Wildman–Crippen MR) is 74.2 cm³/mol. The van der Waals surface area contributed by atoms with E-state index in [1.165, 1.54) is 17.8 Å². The smallest absolute Gasteiger partial charge is 0.213 e. The minimum absolute atomic E-state index is 0.140. The fraction of sp³-hybridized carbons (Fsp3) is 0.600. The van der Waals surface area contributed by atoms with Crippen molar-refractivity contribution in [2.45, 2.75) is 52.7 Å². The van der Waals surface area contributed by atoms with E-state index in [-0.39, 0.29) is 11.5 Å². The molecular weight excluding hydrogens is 254 g/mol. The predicted octanol–water partition coefficient (Wildman–Crippen LogP) is 2.43. The molecule has 0 radical (unpaired) electrons. The summed E-state index contributed by atoms with van der Waals surface area (Å²) in [7, 11) is 0. The molecule has 0 fully saturated rings. The van der Waals surface area contributed by atoms with E-state index in [4.69, 9.17) is 4.52 Å². The van der Waals surface area contributed by atoms with Crippen molar-refractivity contribution in [3.05, 3.63) is 35.2 Å². The van der Waals surface area contributed by atoms with Gasteiger partial charge in [-0.2, -0.15) is 4.98 Å². The zero-order valence-corrected chi connectivity index (χ0v) is 12.3. The van der Waals surface area contributed by atoms with Crippen LogP contribution >= 0.6 is 0 Å². The molecule has 0 aliphatic heterocycles. The summed E-state index contributed by atoms with van der Waals surface area (Å²) in [5, 5.41) is 14.2. The molecule has 5 nitrogen and oxygen atoms in total. The fourth-order valence-corrected chi connectivity index (χ4v) is 3.23. The number of aliphatic hydroxyl groups excluding tert-OH is 1. The Morgan fingerprint density at radius 1 is 1.50 bits per heavy atom. The summed E-state index contributed by atoms with van der Waals surface area (Å²) in [5.74, 6) is 0.725. The molecule has 2 heterocycles. The molecule has 2 aromatic rings. The van der Waals surface area contributed by atoms with Crippen LogP contribution in [0.2, 0.25) is 0 Å². The first-order chi connectivity index (χ1) is 9.46. The first-order valence-corrected chi connectivity index (χ1v) is 7.08. The van der Waals surface area contributed by atoms with Gasteiger partial charge in [-0.25, -0.2) is 0 Å². The van der Waals surface area contributed by atoms with Gasteiger partial charge in [0.05, 0.1) is 6.10 Å². The molecule has 0 saturated heterocycles. The minimum atomic E-state index is -0.348. The van der Waals surface area contributed by atoms with Gasteiger partial charge in [-0.05, 0) is 31.2 Å². The standard InChI is InChI=1S/C15H21N3O2/c1-10-6-11-12(7-15(2,3)8-13(11)19)18(10)5-4-14-16-9-20-17-14/h6,9,13,19H,4-5,7-8H2,1-3H3. The summed E-state index contributed by atoms with van der Waals surface area (Å²) in [5.41, 5.74) is 3.68. The maximum atomic E-state index is 10.3. The number of nitrogens with zero attached hydrogens (tertiary/aromatic N) is 3. The third-order valence-electron chi connectivity index (χ3n) is 4.17. The molecule has 20 heavy (non-hydrogen) atoms. The molecule has 5 heteroatoms. The van der Waals surface area contributed by atoms with Crippen LogP contribution in [0, 0.1) is 12.3 Å². The van der Waals surface area contributed by atoms with Gasteiger partial charge in [-0.3, -0.25) is 0 Å². The summed E-state index contributed by atoms with van der Waals surface area (Å²) >= 11 is 0. The zero-order chi connectivity index (χ0) is 14.3. The molecule has 1 atom stereocenters. The second-order valence-electron chi connectivity index (χ2n) is 6.50. The van der Waals surface area contributed by atoms with Crippen molar-refractivity contribution < 1.29 is 9.63 Å². The summed E-state index contributed by atoms with van der Waals surface area (Å²) in [6.07, 6.45) is 3.59. The number of aromatic nitrogens is 3. The molecule has 1 aliphatic rings. The molecule has 3 rings (SSSR count). The van der Waals surface area contributed by atoms with Crippen molar-refractivity contribution >= 4 is 0 Å². The van der Waals surface area contributed by atoms with E-state index in [9.17, 15) is 5.11 Å². The van der Waals surface area contributed by atoms with Crippen molar-refractivity contribution in [3.8, 4) is 0 Å². The molecule has 1 unspecified atom stereocenters. The number of hydrogen-bond donors (Lipinski definition) is 1. The van der Waals surface area contributed by atoms with Crippen molar-refractivity contribution in [1.82, 2.24) is 14.7 Å². The fourth-order valence-electron chi connectivity index (χ4n) is 3.23. The number of aliphatic hydroxyl groups is 1. The van der Waals surface area contributed by atoms with Crippen LogP contribution in [0.3, 0.4) is 0 Å². The second-order valence-corrected chi connectivity index (χ2v) is 6.50. The Balaban J connectivity index is 1.88. The number of hydrogen-bond acceptors (Lipinski definition) is 4. The first-order valence-electron chi connectivity index (χ1n) is 7.08. The van der Waals surface area contributed by atoms with Crippen LogP contribution in [0.4, 0.5) is 0 Å². The average molecular weight is 275 g/mol. The van der Waals surface area contributed by atoms with Gasteiger partial charge in [0.2, 0.25) is 6.39 Å². The Bertz CT molecular complexity index is 599. The highest BCUT2D eigenvalue weighted by atomic mass is 16.5. The summed E-state index contributed by atoms with van der Waals surface area (Å²) in [6.45, 7) is 7.34. The molecular formula is C15H21N3O2. The highest BCUT2D eigenvalue weighted by molar-refractivity contribution is 5.33. The molecule has 0 spiro atoms. The van der Waals surface area contributed by atoms with Gasteiger partial charge in [-0.1, -0.05) is 19.0 Å². The SMILES string of the molecule is Cc1cc2c(n1CCc1ncon1)CC(C)(C)CC2O. The molecule has 108 valence electrons. The van der Waals surface area contributed by atoms with Gasteiger partial charge in [0.15, 0.2) is 5.82 Å². The Labute approximate surface area is 118 Å². The van der Waals surface area contributed by atoms with E-state index >= 15 is 0 Å². The van der Waals surface area contributed by atoms with Crippen molar-refractivity contribution in [3.63, 3.8) is 0 Å². The number of aryl methyl sites for hydroxylation is 2. The van der Waals surface area contributed by atoms with E-state index in [1.54, 1.807) is 0 Å². The van der Waals surface area contributed by atoms with E-state index in [0.717, 1.165) is 37.2 Å². The first kappa shape index (κ1) is 13.4. The lowest BCUT2D eigenvalue weighted by atomic mass is 9.75. The van der Waals surface area contributed by atoms with Crippen LogP contribution in [0.1, 0.15) is 49.1 Å². The third-order valence-corrected chi connectivity index (χ3v) is 4.17. The molecule has 1 N–H and O–H groups in total. The highest BCUT2D eigenvalue weighted by Gasteiger charge is 2.33. The summed E-state index contributed by atoms with van der Waals surface area (Å²) in [4.78, 5) is 4.06. The van der Waals surface area contributed by atoms with Gasteiger partial charge in [-0.15, -0.1) is 0 Å². The maximum Gasteiger partial charge on any atom is 0.213 e. The number of rotatable bonds is 3. The Morgan fingerprint density at radius 2 is 2.30 bits per heavy atom. The lowest BCUT2D eigenvalue weighted by molar-refractivity contribution is 0.0979. The zero-order valence-electron chi connectivity index (χ0n) is 12.3. The molecule has 2 aromatic heterocycles. The molecule has 0 aromatic carbocycles. The van der Waals surface area contributed by atoms with Crippen LogP contribution in [-0.2, 0) is 19.4 Å². The van der Waals surface area contributed by atoms with E-state index < -0.39 is 0 Å². The monoisotopic (exact) mass is 275 g/mol. The lowest BCUT2D eigenvalue weighted by Crippen LogP contribution is -2.27. The van der Waals surface area contributed by atoms with Crippen molar-refractivity contribution in [2.24, 2.45) is 5.41 Å². The van der Waals surface area contributed by atoms with Gasteiger partial charge in [0, 0.05) is 29.9 Å². The average Bonchev–Trinajstić information content (AvgIpc) is 2.94. The van der Waals surface area contributed by atoms with E-state index in [0.29, 0.717) is 0 Å². The molecule has 0 amide bonds. The lowest BCUT2D eigenvalue weighted by Gasteiger charge is -2.34. The minimum Gasteiger partial charge on any atom is -0.388 e. The van der Waals surface area contributed by atoms with E-state index in [1.807, 2.05) is 0 Å². The maximum absolute atomic E-state index is 10.3. The number of fused-ring (bicyclic) bond motifs is 1. The summed E-state index contributed by atoms with van der Waals surface area (Å²) < 4.78 is 7.05. The molecule has 0 bridgehead atoms. The van der Waals surface area contributed by atoms with Crippen LogP contribution < -0.4 is 0 Å². The Hall–Kier alpha value is -1.62. The molecule has 0 saturated carbocycles. The highest BCUT2D eigenvalue weighted by Crippen LogP contribution is 2.41. The second kappa shape index (κ2) is 4.74. The van der Waals surface area contributed by atoms with Gasteiger partial charge in [0.1, 0.15) is 0 Å². The van der Waals surface area contributed by atoms with Crippen LogP contribution in [0.15, 0.2) is 17.0 Å². The molecule has 1 aliphatic carbocycles. The Kier molecular flexibility index (Phi) is 3.17. The van der Waals surface area contributed by atoms with Gasteiger partial charge < -0.3 is 14.2 Å². The van der Waals surface area contributed by atoms with Crippen LogP contribution in [0.25, 0.3) is 0 Å². The third kappa shape index (κ3) is 2.38. The van der Waals surface area contributed by atoms with Gasteiger partial charge >= 0.3 is 0 Å². The normalized spacial score (nSPS) is 20.9. The topological polar surface area (TPSA) is 64.1 Å². The van der Waals surface area contributed by atoms with Crippen molar-refractivity contribution in [1.29, 1.82) is 0 Å². The van der Waals surface area contributed by atoms with Crippen molar-refractivity contribution in [2.75, 3.05) is 0 Å². The van der Waals surface area contributed by atoms with E-state index in [2.05, 4.69) is 41.5 Å². The quantitative estimate of drug-likeness (QED) is 0.934.